The summed E-state index contributed by atoms with van der Waals surface area (Å²) in [6.07, 6.45) is 0. The molecule has 0 aromatic heterocycles. The fourth-order valence-electron chi connectivity index (χ4n) is 0.990. The van der Waals surface area contributed by atoms with Crippen LogP contribution in [0, 0.1) is 17.5 Å². The van der Waals surface area contributed by atoms with E-state index in [0.29, 0.717) is 0 Å². The summed E-state index contributed by atoms with van der Waals surface area (Å²) >= 11 is 0. The van der Waals surface area contributed by atoms with E-state index >= 15 is 0 Å². The van der Waals surface area contributed by atoms with Gasteiger partial charge >= 0.3 is 0 Å². The number of anilines is 1. The SMILES string of the molecule is CNc1c(F)cc(S(=O)(=O)O)c(F)c1F. The Bertz CT molecular complexity index is 501. The fourth-order valence-corrected chi connectivity index (χ4v) is 1.56. The van der Waals surface area contributed by atoms with Crippen LogP contribution in [0.3, 0.4) is 0 Å². The maximum absolute atomic E-state index is 13.0. The summed E-state index contributed by atoms with van der Waals surface area (Å²) < 4.78 is 68.5. The number of hydrogen-bond acceptors (Lipinski definition) is 3. The molecular formula is C7H6F3NO3S. The molecule has 4 nitrogen and oxygen atoms in total. The first-order chi connectivity index (χ1) is 6.79. The molecule has 0 bridgehead atoms. The van der Waals surface area contributed by atoms with Crippen LogP contribution in [0.15, 0.2) is 11.0 Å². The van der Waals surface area contributed by atoms with Crippen LogP contribution in [0.25, 0.3) is 0 Å². The molecule has 0 unspecified atom stereocenters. The minimum atomic E-state index is -4.99. The summed E-state index contributed by atoms with van der Waals surface area (Å²) in [7, 11) is -3.85. The average molecular weight is 241 g/mol. The molecule has 1 aromatic carbocycles. The number of halogens is 3. The summed E-state index contributed by atoms with van der Waals surface area (Å²) in [5.41, 5.74) is -0.806. The highest BCUT2D eigenvalue weighted by atomic mass is 32.2. The van der Waals surface area contributed by atoms with Crippen LogP contribution in [0.2, 0.25) is 0 Å². The van der Waals surface area contributed by atoms with Gasteiger partial charge in [0.1, 0.15) is 10.6 Å². The lowest BCUT2D eigenvalue weighted by Crippen LogP contribution is -2.08. The number of hydrogen-bond donors (Lipinski definition) is 2. The van der Waals surface area contributed by atoms with E-state index in [1.54, 1.807) is 0 Å². The zero-order valence-corrected chi connectivity index (χ0v) is 8.20. The Morgan fingerprint density at radius 2 is 1.80 bits per heavy atom. The second-order valence-corrected chi connectivity index (χ2v) is 3.97. The van der Waals surface area contributed by atoms with Gasteiger partial charge < -0.3 is 5.32 Å². The monoisotopic (exact) mass is 241 g/mol. The highest BCUT2D eigenvalue weighted by molar-refractivity contribution is 7.85. The van der Waals surface area contributed by atoms with E-state index in [9.17, 15) is 21.6 Å². The number of rotatable bonds is 2. The van der Waals surface area contributed by atoms with Crippen LogP contribution >= 0.6 is 0 Å². The second kappa shape index (κ2) is 3.70. The summed E-state index contributed by atoms with van der Waals surface area (Å²) in [5, 5.41) is 2.02. The molecule has 0 amide bonds. The van der Waals surface area contributed by atoms with Crippen molar-refractivity contribution in [1.29, 1.82) is 0 Å². The van der Waals surface area contributed by atoms with Crippen molar-refractivity contribution in [2.45, 2.75) is 4.90 Å². The van der Waals surface area contributed by atoms with E-state index in [1.807, 2.05) is 5.32 Å². The highest BCUT2D eigenvalue weighted by Crippen LogP contribution is 2.26. The predicted octanol–water partition coefficient (Wildman–Crippen LogP) is 1.39. The first-order valence-corrected chi connectivity index (χ1v) is 5.05. The van der Waals surface area contributed by atoms with E-state index < -0.39 is 38.2 Å². The van der Waals surface area contributed by atoms with Crippen molar-refractivity contribution < 1.29 is 26.1 Å². The zero-order valence-electron chi connectivity index (χ0n) is 7.38. The Balaban J connectivity index is 3.62. The van der Waals surface area contributed by atoms with E-state index in [2.05, 4.69) is 0 Å². The van der Waals surface area contributed by atoms with E-state index in [1.165, 1.54) is 0 Å². The van der Waals surface area contributed by atoms with Gasteiger partial charge in [-0.25, -0.2) is 13.2 Å². The lowest BCUT2D eigenvalue weighted by Gasteiger charge is -2.07. The van der Waals surface area contributed by atoms with Gasteiger partial charge in [0.2, 0.25) is 0 Å². The fraction of sp³-hybridized carbons (Fsp3) is 0.143. The predicted molar refractivity (Wildman–Crippen MR) is 45.7 cm³/mol. The van der Waals surface area contributed by atoms with Crippen molar-refractivity contribution in [3.8, 4) is 0 Å². The topological polar surface area (TPSA) is 66.4 Å². The van der Waals surface area contributed by atoms with Crippen molar-refractivity contribution in [3.63, 3.8) is 0 Å². The van der Waals surface area contributed by atoms with E-state index in [4.69, 9.17) is 4.55 Å². The molecule has 2 N–H and O–H groups in total. The van der Waals surface area contributed by atoms with Gasteiger partial charge in [-0.1, -0.05) is 0 Å². The highest BCUT2D eigenvalue weighted by Gasteiger charge is 2.24. The van der Waals surface area contributed by atoms with Crippen molar-refractivity contribution in [2.75, 3.05) is 12.4 Å². The molecule has 1 rings (SSSR count). The molecule has 0 fully saturated rings. The molecule has 0 heterocycles. The second-order valence-electron chi connectivity index (χ2n) is 2.58. The third kappa shape index (κ3) is 2.05. The molecular weight excluding hydrogens is 235 g/mol. The van der Waals surface area contributed by atoms with Crippen molar-refractivity contribution in [1.82, 2.24) is 0 Å². The third-order valence-electron chi connectivity index (χ3n) is 1.65. The van der Waals surface area contributed by atoms with Crippen molar-refractivity contribution in [2.24, 2.45) is 0 Å². The molecule has 0 aliphatic carbocycles. The zero-order chi connectivity index (χ0) is 11.8. The largest absolute Gasteiger partial charge is 0.383 e. The van der Waals surface area contributed by atoms with Gasteiger partial charge in [0.25, 0.3) is 10.1 Å². The molecule has 8 heteroatoms. The van der Waals surface area contributed by atoms with Crippen LogP contribution in [0.1, 0.15) is 0 Å². The molecule has 0 radical (unpaired) electrons. The Kier molecular flexibility index (Phi) is 2.91. The molecule has 0 saturated heterocycles. The minimum absolute atomic E-state index is 0.194. The van der Waals surface area contributed by atoms with Crippen LogP contribution in [-0.4, -0.2) is 20.0 Å². The first-order valence-electron chi connectivity index (χ1n) is 3.61. The summed E-state index contributed by atoms with van der Waals surface area (Å²) in [4.78, 5) is -1.43. The lowest BCUT2D eigenvalue weighted by molar-refractivity contribution is 0.448. The molecule has 0 aliphatic rings. The smallest absolute Gasteiger partial charge is 0.297 e. The van der Waals surface area contributed by atoms with E-state index in [-0.39, 0.29) is 6.07 Å². The standard InChI is InChI=1S/C7H6F3NO3S/c1-11-7-3(8)2-4(15(12,13)14)5(9)6(7)10/h2,11H,1H3,(H,12,13,14). The lowest BCUT2D eigenvalue weighted by atomic mass is 10.3. The third-order valence-corrected chi connectivity index (χ3v) is 2.51. The van der Waals surface area contributed by atoms with Gasteiger partial charge in [-0.2, -0.15) is 8.42 Å². The number of benzene rings is 1. The minimum Gasteiger partial charge on any atom is -0.383 e. The van der Waals surface area contributed by atoms with Gasteiger partial charge in [-0.05, 0) is 0 Å². The van der Waals surface area contributed by atoms with Crippen LogP contribution in [-0.2, 0) is 10.1 Å². The van der Waals surface area contributed by atoms with Crippen molar-refractivity contribution >= 4 is 15.8 Å². The van der Waals surface area contributed by atoms with Crippen LogP contribution < -0.4 is 5.32 Å². The molecule has 0 saturated carbocycles. The molecule has 84 valence electrons. The Morgan fingerprint density at radius 1 is 1.27 bits per heavy atom. The maximum atomic E-state index is 13.0. The van der Waals surface area contributed by atoms with Gasteiger partial charge in [-0.3, -0.25) is 4.55 Å². The normalized spacial score (nSPS) is 11.5. The van der Waals surface area contributed by atoms with Gasteiger partial charge in [0, 0.05) is 13.1 Å². The van der Waals surface area contributed by atoms with Gasteiger partial charge in [0.15, 0.2) is 17.5 Å². The van der Waals surface area contributed by atoms with Crippen LogP contribution in [0.5, 0.6) is 0 Å². The van der Waals surface area contributed by atoms with Gasteiger partial charge in [-0.15, -0.1) is 0 Å². The number of nitrogens with one attached hydrogen (secondary N) is 1. The van der Waals surface area contributed by atoms with Crippen molar-refractivity contribution in [3.05, 3.63) is 23.5 Å². The Labute approximate surface area is 83.5 Å². The summed E-state index contributed by atoms with van der Waals surface area (Å²) in [5.74, 6) is -4.85. The Morgan fingerprint density at radius 3 is 2.20 bits per heavy atom. The van der Waals surface area contributed by atoms with E-state index in [0.717, 1.165) is 7.05 Å². The molecule has 1 aromatic rings. The summed E-state index contributed by atoms with van der Waals surface area (Å²) in [6, 6.07) is 0.194. The quantitative estimate of drug-likeness (QED) is 0.606. The first kappa shape index (κ1) is 11.8. The van der Waals surface area contributed by atoms with Crippen LogP contribution in [0.4, 0.5) is 18.9 Å². The molecule has 0 aliphatic heterocycles. The summed E-state index contributed by atoms with van der Waals surface area (Å²) in [6.45, 7) is 0. The molecule has 0 atom stereocenters. The molecule has 15 heavy (non-hydrogen) atoms. The Hall–Kier alpha value is -1.28. The maximum Gasteiger partial charge on any atom is 0.297 e. The van der Waals surface area contributed by atoms with Gasteiger partial charge in [0.05, 0.1) is 0 Å². The average Bonchev–Trinajstić information content (AvgIpc) is 2.10. The molecule has 0 spiro atoms.